The van der Waals surface area contributed by atoms with E-state index in [1.165, 1.54) is 0 Å². The molecule has 15 heavy (non-hydrogen) atoms. The highest BCUT2D eigenvalue weighted by Crippen LogP contribution is 2.27. The number of carbonyl (C=O) groups excluding carboxylic acids is 1. The van der Waals surface area contributed by atoms with Gasteiger partial charge >= 0.3 is 14.4 Å². The van der Waals surface area contributed by atoms with E-state index in [1.54, 1.807) is 37.3 Å². The van der Waals surface area contributed by atoms with E-state index in [1.807, 2.05) is 0 Å². The van der Waals surface area contributed by atoms with Crippen molar-refractivity contribution < 1.29 is 23.1 Å². The van der Waals surface area contributed by atoms with Crippen molar-refractivity contribution in [3.05, 3.63) is 30.3 Å². The molecule has 1 aromatic carbocycles. The molecule has 1 unspecified atom stereocenters. The third kappa shape index (κ3) is 4.42. The molecule has 1 aromatic rings. The average Bonchev–Trinajstić information content (AvgIpc) is 2.19. The smallest absolute Gasteiger partial charge is 0.432 e. The second-order valence-electron chi connectivity index (χ2n) is 2.40. The number of benzene rings is 1. The van der Waals surface area contributed by atoms with Crippen LogP contribution >= 0.6 is 8.25 Å². The van der Waals surface area contributed by atoms with Crippen LogP contribution in [0.15, 0.2) is 30.3 Å². The van der Waals surface area contributed by atoms with Gasteiger partial charge in [-0.15, -0.1) is 4.52 Å². The Kier molecular flexibility index (Phi) is 4.57. The molecular weight excluding hydrogens is 219 g/mol. The lowest BCUT2D eigenvalue weighted by atomic mass is 10.3. The van der Waals surface area contributed by atoms with E-state index in [0.29, 0.717) is 5.75 Å². The van der Waals surface area contributed by atoms with E-state index in [9.17, 15) is 9.36 Å². The molecule has 0 spiro atoms. The molecule has 0 heterocycles. The molecule has 0 saturated carbocycles. The Hall–Kier alpha value is -1.61. The largest absolute Gasteiger partial charge is 0.812 e. The molecule has 5 nitrogen and oxygen atoms in total. The molecule has 0 aliphatic heterocycles. The summed E-state index contributed by atoms with van der Waals surface area (Å²) in [7, 11) is -2.53. The molecule has 1 atom stereocenters. The van der Waals surface area contributed by atoms with Crippen LogP contribution < -0.4 is 4.52 Å². The van der Waals surface area contributed by atoms with Gasteiger partial charge < -0.3 is 4.74 Å². The summed E-state index contributed by atoms with van der Waals surface area (Å²) in [6.45, 7) is 1.78. The number of hydrogen-bond acceptors (Lipinski definition) is 5. The van der Waals surface area contributed by atoms with E-state index in [2.05, 4.69) is 9.26 Å². The minimum Gasteiger partial charge on any atom is -0.432 e. The molecule has 0 bridgehead atoms. The molecule has 0 saturated heterocycles. The Labute approximate surface area is 87.9 Å². The normalized spacial score (nSPS) is 10.3. The fraction of sp³-hybridized carbons (Fsp3) is 0.222. The van der Waals surface area contributed by atoms with Gasteiger partial charge in [0.15, 0.2) is 5.75 Å². The van der Waals surface area contributed by atoms with Gasteiger partial charge in [0.25, 0.3) is 0 Å². The van der Waals surface area contributed by atoms with Crippen LogP contribution in [0.25, 0.3) is 0 Å². The number of hydrogen-bond donors (Lipinski definition) is 0. The maximum absolute atomic E-state index is 11.1. The second-order valence-corrected chi connectivity index (χ2v) is 3.21. The van der Waals surface area contributed by atoms with Gasteiger partial charge in [0.2, 0.25) is 0 Å². The lowest BCUT2D eigenvalue weighted by molar-refractivity contribution is 0.103. The van der Waals surface area contributed by atoms with Gasteiger partial charge in [-0.2, -0.15) is 4.79 Å². The third-order valence-corrected chi connectivity index (χ3v) is 1.99. The first-order valence-electron chi connectivity index (χ1n) is 4.27. The number of carbonyl (C=O) groups is 1. The number of para-hydroxylation sites is 1. The van der Waals surface area contributed by atoms with Crippen LogP contribution in [0.3, 0.4) is 0 Å². The Balaban J connectivity index is 2.40. The number of rotatable bonds is 4. The van der Waals surface area contributed by atoms with Crippen LogP contribution in [0.4, 0.5) is 4.79 Å². The molecule has 0 fully saturated rings. The van der Waals surface area contributed by atoms with Crippen molar-refractivity contribution in [1.82, 2.24) is 0 Å². The van der Waals surface area contributed by atoms with Gasteiger partial charge in [0, 0.05) is 4.57 Å². The first kappa shape index (κ1) is 11.5. The fourth-order valence-corrected chi connectivity index (χ4v) is 1.30. The zero-order chi connectivity index (χ0) is 11.1. The lowest BCUT2D eigenvalue weighted by Gasteiger charge is -1.93. The monoisotopic (exact) mass is 229 g/mol. The van der Waals surface area contributed by atoms with E-state index >= 15 is 0 Å². The molecule has 0 aliphatic carbocycles. The SMILES string of the molecule is CCOC(=O)O[P+](=O)Oc1ccccc1. The molecule has 0 aromatic heterocycles. The van der Waals surface area contributed by atoms with Crippen molar-refractivity contribution >= 4 is 14.4 Å². The predicted molar refractivity (Wildman–Crippen MR) is 52.8 cm³/mol. The van der Waals surface area contributed by atoms with Gasteiger partial charge in [-0.25, -0.2) is 4.52 Å². The first-order valence-corrected chi connectivity index (χ1v) is 5.37. The fourth-order valence-electron chi connectivity index (χ4n) is 0.791. The Morgan fingerprint density at radius 2 is 2.00 bits per heavy atom. The van der Waals surface area contributed by atoms with Gasteiger partial charge in [-0.05, 0) is 19.1 Å². The third-order valence-electron chi connectivity index (χ3n) is 1.33. The van der Waals surface area contributed by atoms with Crippen LogP contribution in [0.5, 0.6) is 5.75 Å². The maximum atomic E-state index is 11.1. The summed E-state index contributed by atoms with van der Waals surface area (Å²) in [6, 6.07) is 8.40. The first-order chi connectivity index (χ1) is 7.22. The molecule has 0 aliphatic rings. The summed E-state index contributed by atoms with van der Waals surface area (Å²) in [5, 5.41) is 0. The van der Waals surface area contributed by atoms with E-state index in [0.717, 1.165) is 0 Å². The van der Waals surface area contributed by atoms with Crippen molar-refractivity contribution in [2.24, 2.45) is 0 Å². The molecule has 1 rings (SSSR count). The summed E-state index contributed by atoms with van der Waals surface area (Å²) in [6.07, 6.45) is -1.01. The zero-order valence-corrected chi connectivity index (χ0v) is 8.98. The Morgan fingerprint density at radius 3 is 2.60 bits per heavy atom. The quantitative estimate of drug-likeness (QED) is 0.586. The predicted octanol–water partition coefficient (Wildman–Crippen LogP) is 2.90. The summed E-state index contributed by atoms with van der Waals surface area (Å²) >= 11 is 0. The zero-order valence-electron chi connectivity index (χ0n) is 8.08. The standard InChI is InChI=1S/C9H10O5P/c1-2-12-9(10)14-15(11)13-8-6-4-3-5-7-8/h3-7H,2H2,1H3/q+1. The molecule has 0 amide bonds. The van der Waals surface area contributed by atoms with Crippen molar-refractivity contribution in [2.45, 2.75) is 6.92 Å². The average molecular weight is 229 g/mol. The van der Waals surface area contributed by atoms with Gasteiger partial charge in [-0.3, -0.25) is 0 Å². The van der Waals surface area contributed by atoms with Crippen LogP contribution in [-0.4, -0.2) is 12.8 Å². The summed E-state index contributed by atoms with van der Waals surface area (Å²) in [5.74, 6) is 0.364. The highest BCUT2D eigenvalue weighted by atomic mass is 31.1. The Bertz CT molecular complexity index is 338. The topological polar surface area (TPSA) is 61.8 Å². The van der Waals surface area contributed by atoms with Crippen molar-refractivity contribution in [3.63, 3.8) is 0 Å². The summed E-state index contributed by atoms with van der Waals surface area (Å²) in [5.41, 5.74) is 0. The van der Waals surface area contributed by atoms with E-state index in [-0.39, 0.29) is 6.61 Å². The summed E-state index contributed by atoms with van der Waals surface area (Å²) in [4.78, 5) is 10.7. The minimum absolute atomic E-state index is 0.160. The summed E-state index contributed by atoms with van der Waals surface area (Å²) < 4.78 is 24.7. The van der Waals surface area contributed by atoms with E-state index < -0.39 is 14.4 Å². The van der Waals surface area contributed by atoms with Crippen LogP contribution in [0, 0.1) is 0 Å². The van der Waals surface area contributed by atoms with E-state index in [4.69, 9.17) is 4.52 Å². The Morgan fingerprint density at radius 1 is 1.33 bits per heavy atom. The van der Waals surface area contributed by atoms with Crippen LogP contribution in [0.2, 0.25) is 0 Å². The van der Waals surface area contributed by atoms with Gasteiger partial charge in [0.1, 0.15) is 0 Å². The molecule has 0 N–H and O–H groups in total. The van der Waals surface area contributed by atoms with Crippen molar-refractivity contribution in [3.8, 4) is 5.75 Å². The van der Waals surface area contributed by atoms with Gasteiger partial charge in [0.05, 0.1) is 6.61 Å². The van der Waals surface area contributed by atoms with Crippen molar-refractivity contribution in [2.75, 3.05) is 6.61 Å². The molecular formula is C9H10O5P+. The number of ether oxygens (including phenoxy) is 1. The highest BCUT2D eigenvalue weighted by molar-refractivity contribution is 7.34. The van der Waals surface area contributed by atoms with Crippen LogP contribution in [-0.2, 0) is 13.8 Å². The maximum Gasteiger partial charge on any atom is 0.812 e. The molecule has 0 radical (unpaired) electrons. The minimum atomic E-state index is -2.53. The lowest BCUT2D eigenvalue weighted by Crippen LogP contribution is -2.03. The second kappa shape index (κ2) is 5.98. The van der Waals surface area contributed by atoms with Crippen molar-refractivity contribution in [1.29, 1.82) is 0 Å². The molecule has 6 heteroatoms. The highest BCUT2D eigenvalue weighted by Gasteiger charge is 2.28. The van der Waals surface area contributed by atoms with Gasteiger partial charge in [-0.1, -0.05) is 18.2 Å². The van der Waals surface area contributed by atoms with Crippen LogP contribution in [0.1, 0.15) is 6.92 Å². The molecule has 80 valence electrons.